The molecular weight excluding hydrogens is 216 g/mol. The van der Waals surface area contributed by atoms with Gasteiger partial charge in [-0.05, 0) is 24.5 Å². The Balaban J connectivity index is 2.36. The first kappa shape index (κ1) is 11.3. The third kappa shape index (κ3) is 2.15. The summed E-state index contributed by atoms with van der Waals surface area (Å²) in [5.74, 6) is 0. The second-order valence-electron chi connectivity index (χ2n) is 3.86. The van der Waals surface area contributed by atoms with Gasteiger partial charge in [0, 0.05) is 11.1 Å². The molecule has 2 N–H and O–H groups in total. The molecular formula is C13H16N2S. The highest BCUT2D eigenvalue weighted by atomic mass is 32.1. The van der Waals surface area contributed by atoms with Crippen LogP contribution < -0.4 is 5.73 Å². The highest BCUT2D eigenvalue weighted by Crippen LogP contribution is 2.25. The fourth-order valence-electron chi connectivity index (χ4n) is 1.81. The van der Waals surface area contributed by atoms with E-state index in [1.807, 2.05) is 18.4 Å². The molecule has 3 heteroatoms. The maximum atomic E-state index is 6.25. The molecule has 0 saturated carbocycles. The van der Waals surface area contributed by atoms with Gasteiger partial charge in [-0.25, -0.2) is 4.98 Å². The molecule has 0 radical (unpaired) electrons. The first-order valence-corrected chi connectivity index (χ1v) is 6.35. The van der Waals surface area contributed by atoms with Crippen molar-refractivity contribution in [2.24, 2.45) is 5.73 Å². The molecule has 0 aliphatic heterocycles. The van der Waals surface area contributed by atoms with Crippen molar-refractivity contribution in [3.63, 3.8) is 0 Å². The van der Waals surface area contributed by atoms with Crippen LogP contribution in [0.2, 0.25) is 0 Å². The summed E-state index contributed by atoms with van der Waals surface area (Å²) in [5, 5.41) is 3.04. The summed E-state index contributed by atoms with van der Waals surface area (Å²) < 4.78 is 0. The lowest BCUT2D eigenvalue weighted by Crippen LogP contribution is -2.13. The number of hydrogen-bond donors (Lipinski definition) is 1. The van der Waals surface area contributed by atoms with Gasteiger partial charge >= 0.3 is 0 Å². The van der Waals surface area contributed by atoms with Crippen molar-refractivity contribution in [3.8, 4) is 0 Å². The molecule has 0 aliphatic rings. The molecule has 84 valence electrons. The van der Waals surface area contributed by atoms with Gasteiger partial charge in [0.1, 0.15) is 5.01 Å². The average molecular weight is 232 g/mol. The normalized spacial score (nSPS) is 12.7. The smallest absolute Gasteiger partial charge is 0.114 e. The molecule has 1 aromatic carbocycles. The SMILES string of the molecule is CCc1ccccc1C(N)c1nc(C)cs1. The van der Waals surface area contributed by atoms with E-state index < -0.39 is 0 Å². The van der Waals surface area contributed by atoms with E-state index in [-0.39, 0.29) is 6.04 Å². The van der Waals surface area contributed by atoms with Crippen molar-refractivity contribution in [2.45, 2.75) is 26.3 Å². The van der Waals surface area contributed by atoms with E-state index in [9.17, 15) is 0 Å². The van der Waals surface area contributed by atoms with Crippen molar-refractivity contribution in [1.82, 2.24) is 4.98 Å². The molecule has 0 aliphatic carbocycles. The molecule has 1 heterocycles. The number of aromatic nitrogens is 1. The van der Waals surface area contributed by atoms with Crippen LogP contribution in [0, 0.1) is 6.92 Å². The maximum absolute atomic E-state index is 6.25. The van der Waals surface area contributed by atoms with Gasteiger partial charge in [0.2, 0.25) is 0 Å². The third-order valence-corrected chi connectivity index (χ3v) is 3.72. The fourth-order valence-corrected chi connectivity index (χ4v) is 2.62. The van der Waals surface area contributed by atoms with Crippen LogP contribution in [0.3, 0.4) is 0 Å². The van der Waals surface area contributed by atoms with Gasteiger partial charge in [0.05, 0.1) is 6.04 Å². The number of hydrogen-bond acceptors (Lipinski definition) is 3. The summed E-state index contributed by atoms with van der Waals surface area (Å²) in [5.41, 5.74) is 9.80. The van der Waals surface area contributed by atoms with Crippen LogP contribution >= 0.6 is 11.3 Å². The summed E-state index contributed by atoms with van der Waals surface area (Å²) in [7, 11) is 0. The Morgan fingerprint density at radius 3 is 2.75 bits per heavy atom. The molecule has 1 unspecified atom stereocenters. The molecule has 16 heavy (non-hydrogen) atoms. The van der Waals surface area contributed by atoms with E-state index in [1.165, 1.54) is 11.1 Å². The number of nitrogens with zero attached hydrogens (tertiary/aromatic N) is 1. The van der Waals surface area contributed by atoms with Gasteiger partial charge in [0.25, 0.3) is 0 Å². The number of nitrogens with two attached hydrogens (primary N) is 1. The minimum Gasteiger partial charge on any atom is -0.318 e. The number of thiazole rings is 1. The van der Waals surface area contributed by atoms with Crippen molar-refractivity contribution >= 4 is 11.3 Å². The van der Waals surface area contributed by atoms with Gasteiger partial charge in [0.15, 0.2) is 0 Å². The van der Waals surface area contributed by atoms with Gasteiger partial charge in [-0.1, -0.05) is 31.2 Å². The van der Waals surface area contributed by atoms with Crippen molar-refractivity contribution < 1.29 is 0 Å². The van der Waals surface area contributed by atoms with Gasteiger partial charge in [-0.15, -0.1) is 11.3 Å². The van der Waals surface area contributed by atoms with Crippen molar-refractivity contribution in [1.29, 1.82) is 0 Å². The van der Waals surface area contributed by atoms with Gasteiger partial charge < -0.3 is 5.73 Å². The number of benzene rings is 1. The van der Waals surface area contributed by atoms with E-state index in [1.54, 1.807) is 11.3 Å². The van der Waals surface area contributed by atoms with E-state index in [0.717, 1.165) is 17.1 Å². The van der Waals surface area contributed by atoms with Crippen LogP contribution in [0.15, 0.2) is 29.6 Å². The van der Waals surface area contributed by atoms with Crippen LogP contribution in [-0.4, -0.2) is 4.98 Å². The minimum absolute atomic E-state index is 0.0881. The highest BCUT2D eigenvalue weighted by molar-refractivity contribution is 7.09. The zero-order chi connectivity index (χ0) is 11.5. The minimum atomic E-state index is -0.0881. The molecule has 0 amide bonds. The number of aryl methyl sites for hydroxylation is 2. The topological polar surface area (TPSA) is 38.9 Å². The molecule has 1 atom stereocenters. The monoisotopic (exact) mass is 232 g/mol. The summed E-state index contributed by atoms with van der Waals surface area (Å²) in [6.45, 7) is 4.15. The van der Waals surface area contributed by atoms with Crippen LogP contribution in [0.1, 0.15) is 34.8 Å². The highest BCUT2D eigenvalue weighted by Gasteiger charge is 2.14. The zero-order valence-corrected chi connectivity index (χ0v) is 10.4. The Bertz CT molecular complexity index is 476. The zero-order valence-electron chi connectivity index (χ0n) is 9.60. The molecule has 1 aromatic heterocycles. The lowest BCUT2D eigenvalue weighted by atomic mass is 9.99. The molecule has 2 rings (SSSR count). The summed E-state index contributed by atoms with van der Waals surface area (Å²) in [6, 6.07) is 8.24. The largest absolute Gasteiger partial charge is 0.318 e. The number of rotatable bonds is 3. The Morgan fingerprint density at radius 2 is 2.12 bits per heavy atom. The van der Waals surface area contributed by atoms with Crippen LogP contribution in [0.5, 0.6) is 0 Å². The van der Waals surface area contributed by atoms with Gasteiger partial charge in [-0.2, -0.15) is 0 Å². The third-order valence-electron chi connectivity index (χ3n) is 2.67. The summed E-state index contributed by atoms with van der Waals surface area (Å²) >= 11 is 1.64. The predicted molar refractivity (Wildman–Crippen MR) is 68.7 cm³/mol. The standard InChI is InChI=1S/C13H16N2S/c1-3-10-6-4-5-7-11(10)12(14)13-15-9(2)8-16-13/h4-8,12H,3,14H2,1-2H3. The maximum Gasteiger partial charge on any atom is 0.114 e. The Morgan fingerprint density at radius 1 is 1.38 bits per heavy atom. The molecule has 0 bridgehead atoms. The fraction of sp³-hybridized carbons (Fsp3) is 0.308. The first-order valence-electron chi connectivity index (χ1n) is 5.47. The first-order chi connectivity index (χ1) is 7.72. The second-order valence-corrected chi connectivity index (χ2v) is 4.75. The Labute approximate surface area is 100 Å². The van der Waals surface area contributed by atoms with E-state index in [0.29, 0.717) is 0 Å². The Hall–Kier alpha value is -1.19. The lowest BCUT2D eigenvalue weighted by molar-refractivity contribution is 0.834. The Kier molecular flexibility index (Phi) is 3.36. The quantitative estimate of drug-likeness (QED) is 0.883. The van der Waals surface area contributed by atoms with E-state index >= 15 is 0 Å². The molecule has 0 saturated heterocycles. The van der Waals surface area contributed by atoms with Crippen LogP contribution in [0.25, 0.3) is 0 Å². The van der Waals surface area contributed by atoms with Gasteiger partial charge in [-0.3, -0.25) is 0 Å². The van der Waals surface area contributed by atoms with Crippen LogP contribution in [0.4, 0.5) is 0 Å². The van der Waals surface area contributed by atoms with E-state index in [2.05, 4.69) is 30.1 Å². The summed E-state index contributed by atoms with van der Waals surface area (Å²) in [4.78, 5) is 4.46. The molecule has 0 spiro atoms. The van der Waals surface area contributed by atoms with Crippen molar-refractivity contribution in [3.05, 3.63) is 51.5 Å². The summed E-state index contributed by atoms with van der Waals surface area (Å²) in [6.07, 6.45) is 1.01. The molecule has 2 nitrogen and oxygen atoms in total. The lowest BCUT2D eigenvalue weighted by Gasteiger charge is -2.13. The van der Waals surface area contributed by atoms with Crippen molar-refractivity contribution in [2.75, 3.05) is 0 Å². The molecule has 2 aromatic rings. The average Bonchev–Trinajstić information content (AvgIpc) is 2.75. The van der Waals surface area contributed by atoms with E-state index in [4.69, 9.17) is 5.73 Å². The second kappa shape index (κ2) is 4.76. The molecule has 0 fully saturated rings. The van der Waals surface area contributed by atoms with Crippen LogP contribution in [-0.2, 0) is 6.42 Å². The predicted octanol–water partition coefficient (Wildman–Crippen LogP) is 3.06.